The maximum absolute atomic E-state index is 12.8. The lowest BCUT2D eigenvalue weighted by atomic mass is 10.2. The molecule has 28 heavy (non-hydrogen) atoms. The van der Waals surface area contributed by atoms with Gasteiger partial charge in [-0.1, -0.05) is 30.1 Å². The standard InChI is InChI=1S/C21H21FO6/c22-16-9-11-18(12-10-16)27-13-17(23)7-5-3-1-2-4-6-8-19(24)20-14-26-15-21(25)28-20/h2,4-12,17,19-20,23-24H,13-15H2/b4-2+,7-5+,8-6+/t17-,19+,20-/m0/s1. The highest BCUT2D eigenvalue weighted by Crippen LogP contribution is 2.11. The van der Waals surface area contributed by atoms with E-state index in [0.717, 1.165) is 0 Å². The van der Waals surface area contributed by atoms with E-state index in [1.807, 2.05) is 0 Å². The molecule has 0 bridgehead atoms. The van der Waals surface area contributed by atoms with Gasteiger partial charge in [0.05, 0.1) is 6.61 Å². The largest absolute Gasteiger partial charge is 0.491 e. The third-order valence-electron chi connectivity index (χ3n) is 3.48. The Morgan fingerprint density at radius 2 is 1.93 bits per heavy atom. The van der Waals surface area contributed by atoms with Crippen molar-refractivity contribution in [1.29, 1.82) is 0 Å². The van der Waals surface area contributed by atoms with Crippen LogP contribution in [0.4, 0.5) is 4.39 Å². The molecule has 0 aromatic heterocycles. The van der Waals surface area contributed by atoms with Crippen molar-refractivity contribution in [2.75, 3.05) is 19.8 Å². The number of aliphatic hydroxyl groups excluding tert-OH is 2. The molecule has 3 atom stereocenters. The molecule has 0 spiro atoms. The number of aliphatic hydroxyl groups is 2. The number of ether oxygens (including phenoxy) is 3. The van der Waals surface area contributed by atoms with Crippen LogP contribution in [0.1, 0.15) is 0 Å². The molecule has 1 saturated heterocycles. The number of halogens is 1. The number of hydrogen-bond donors (Lipinski definition) is 2. The van der Waals surface area contributed by atoms with Crippen molar-refractivity contribution in [2.45, 2.75) is 18.3 Å². The van der Waals surface area contributed by atoms with Gasteiger partial charge in [0.2, 0.25) is 0 Å². The fourth-order valence-corrected chi connectivity index (χ4v) is 2.09. The number of rotatable bonds is 7. The molecule has 0 radical (unpaired) electrons. The minimum absolute atomic E-state index is 0.0235. The van der Waals surface area contributed by atoms with Gasteiger partial charge in [-0.3, -0.25) is 0 Å². The molecule has 2 rings (SSSR count). The molecule has 0 aliphatic carbocycles. The third kappa shape index (κ3) is 8.18. The van der Waals surface area contributed by atoms with E-state index in [4.69, 9.17) is 14.2 Å². The summed E-state index contributed by atoms with van der Waals surface area (Å²) in [6.45, 7) is 0.0809. The van der Waals surface area contributed by atoms with E-state index in [-0.39, 0.29) is 25.6 Å². The van der Waals surface area contributed by atoms with Crippen LogP contribution in [0.25, 0.3) is 0 Å². The van der Waals surface area contributed by atoms with Gasteiger partial charge in [-0.15, -0.1) is 0 Å². The van der Waals surface area contributed by atoms with Crippen LogP contribution in [0.5, 0.6) is 5.75 Å². The van der Waals surface area contributed by atoms with Crippen LogP contribution in [-0.4, -0.2) is 54.3 Å². The molecular weight excluding hydrogens is 367 g/mol. The van der Waals surface area contributed by atoms with Gasteiger partial charge in [0.15, 0.2) is 6.10 Å². The van der Waals surface area contributed by atoms with Crippen LogP contribution < -0.4 is 4.74 Å². The molecule has 2 N–H and O–H groups in total. The molecule has 1 aromatic carbocycles. The van der Waals surface area contributed by atoms with E-state index < -0.39 is 24.3 Å². The fourth-order valence-electron chi connectivity index (χ4n) is 2.09. The van der Waals surface area contributed by atoms with E-state index in [9.17, 15) is 19.4 Å². The minimum Gasteiger partial charge on any atom is -0.491 e. The van der Waals surface area contributed by atoms with Gasteiger partial charge in [-0.25, -0.2) is 9.18 Å². The van der Waals surface area contributed by atoms with E-state index in [0.29, 0.717) is 5.75 Å². The zero-order chi connectivity index (χ0) is 20.2. The molecule has 148 valence electrons. The molecule has 0 unspecified atom stereocenters. The zero-order valence-corrected chi connectivity index (χ0v) is 15.0. The first-order valence-electron chi connectivity index (χ1n) is 8.57. The predicted octanol–water partition coefficient (Wildman–Crippen LogP) is 1.54. The molecule has 0 amide bonds. The third-order valence-corrected chi connectivity index (χ3v) is 3.48. The summed E-state index contributed by atoms with van der Waals surface area (Å²) in [5.74, 6) is 5.05. The maximum atomic E-state index is 12.8. The van der Waals surface area contributed by atoms with Crippen LogP contribution >= 0.6 is 0 Å². The predicted molar refractivity (Wildman–Crippen MR) is 99.8 cm³/mol. The van der Waals surface area contributed by atoms with Gasteiger partial charge in [0.1, 0.15) is 37.0 Å². The zero-order valence-electron chi connectivity index (χ0n) is 15.0. The van der Waals surface area contributed by atoms with Crippen molar-refractivity contribution in [3.05, 3.63) is 66.5 Å². The summed E-state index contributed by atoms with van der Waals surface area (Å²) in [7, 11) is 0. The number of benzene rings is 1. The lowest BCUT2D eigenvalue weighted by Gasteiger charge is -2.24. The van der Waals surface area contributed by atoms with Crippen molar-refractivity contribution < 1.29 is 33.6 Å². The maximum Gasteiger partial charge on any atom is 0.332 e. The lowest BCUT2D eigenvalue weighted by molar-refractivity contribution is -0.177. The highest BCUT2D eigenvalue weighted by molar-refractivity contribution is 5.71. The number of cyclic esters (lactones) is 1. The second kappa shape index (κ2) is 11.7. The average molecular weight is 388 g/mol. The Bertz CT molecular complexity index is 772. The second-order valence-corrected chi connectivity index (χ2v) is 5.76. The van der Waals surface area contributed by atoms with E-state index >= 15 is 0 Å². The molecule has 6 nitrogen and oxygen atoms in total. The van der Waals surface area contributed by atoms with Crippen LogP contribution in [0, 0.1) is 17.7 Å². The monoisotopic (exact) mass is 388 g/mol. The van der Waals surface area contributed by atoms with Gasteiger partial charge < -0.3 is 24.4 Å². The number of carbonyl (C=O) groups excluding carboxylic acids is 1. The summed E-state index contributed by atoms with van der Waals surface area (Å²) in [6.07, 6.45) is 6.66. The van der Waals surface area contributed by atoms with E-state index in [1.54, 1.807) is 18.2 Å². The van der Waals surface area contributed by atoms with Crippen LogP contribution in [0.15, 0.2) is 60.7 Å². The molecule has 1 heterocycles. The first-order chi connectivity index (χ1) is 13.5. The Labute approximate surface area is 162 Å². The Hall–Kier alpha value is -2.92. The highest BCUT2D eigenvalue weighted by Gasteiger charge is 2.25. The molecule has 7 heteroatoms. The van der Waals surface area contributed by atoms with Gasteiger partial charge >= 0.3 is 5.97 Å². The van der Waals surface area contributed by atoms with Gasteiger partial charge in [-0.2, -0.15) is 0 Å². The van der Waals surface area contributed by atoms with Crippen molar-refractivity contribution in [2.24, 2.45) is 0 Å². The normalized spacial score (nSPS) is 19.4. The summed E-state index contributed by atoms with van der Waals surface area (Å²) >= 11 is 0. The second-order valence-electron chi connectivity index (χ2n) is 5.76. The lowest BCUT2D eigenvalue weighted by Crippen LogP contribution is -2.40. The fraction of sp³-hybridized carbons (Fsp3) is 0.286. The molecule has 1 aromatic rings. The van der Waals surface area contributed by atoms with Crippen LogP contribution in [0.2, 0.25) is 0 Å². The topological polar surface area (TPSA) is 85.2 Å². The Balaban J connectivity index is 1.66. The Morgan fingerprint density at radius 1 is 1.18 bits per heavy atom. The molecule has 0 saturated carbocycles. The number of hydrogen-bond acceptors (Lipinski definition) is 6. The van der Waals surface area contributed by atoms with Gasteiger partial charge in [0, 0.05) is 0 Å². The number of allylic oxidation sites excluding steroid dienone is 4. The van der Waals surface area contributed by atoms with Crippen molar-refractivity contribution in [3.63, 3.8) is 0 Å². The van der Waals surface area contributed by atoms with E-state index in [1.165, 1.54) is 42.5 Å². The van der Waals surface area contributed by atoms with Gasteiger partial charge in [-0.05, 0) is 42.5 Å². The van der Waals surface area contributed by atoms with Crippen LogP contribution in [-0.2, 0) is 14.3 Å². The smallest absolute Gasteiger partial charge is 0.332 e. The number of carbonyl (C=O) groups is 1. The van der Waals surface area contributed by atoms with Crippen LogP contribution in [0.3, 0.4) is 0 Å². The van der Waals surface area contributed by atoms with Crippen molar-refractivity contribution in [1.82, 2.24) is 0 Å². The molecular formula is C21H21FO6. The first kappa shape index (κ1) is 21.4. The highest BCUT2D eigenvalue weighted by atomic mass is 19.1. The van der Waals surface area contributed by atoms with Crippen molar-refractivity contribution >= 4 is 5.97 Å². The van der Waals surface area contributed by atoms with Crippen molar-refractivity contribution in [3.8, 4) is 17.6 Å². The quantitative estimate of drug-likeness (QED) is 0.419. The first-order valence-corrected chi connectivity index (χ1v) is 8.57. The Kier molecular flexibility index (Phi) is 8.95. The summed E-state index contributed by atoms with van der Waals surface area (Å²) in [5, 5.41) is 19.6. The average Bonchev–Trinajstić information content (AvgIpc) is 2.69. The molecule has 1 aliphatic heterocycles. The summed E-state index contributed by atoms with van der Waals surface area (Å²) in [5.41, 5.74) is 0. The summed E-state index contributed by atoms with van der Waals surface area (Å²) in [4.78, 5) is 11.1. The summed E-state index contributed by atoms with van der Waals surface area (Å²) in [6, 6.07) is 5.51. The SMILES string of the molecule is O=C1COC[C@@H]([C@H](O)/C=C/C=C/C#C/C=C/[C@H](O)COc2ccc(F)cc2)O1. The number of esters is 1. The molecule has 1 aliphatic rings. The minimum atomic E-state index is -0.960. The Morgan fingerprint density at radius 3 is 2.68 bits per heavy atom. The van der Waals surface area contributed by atoms with E-state index in [2.05, 4.69) is 11.8 Å². The van der Waals surface area contributed by atoms with Gasteiger partial charge in [0.25, 0.3) is 0 Å². The molecule has 1 fully saturated rings. The summed E-state index contributed by atoms with van der Waals surface area (Å²) < 4.78 is 28.0.